The SMILES string of the molecule is O=C/C=C/c1sccc1C1OC=CO1. The van der Waals surface area contributed by atoms with Crippen molar-refractivity contribution in [3.8, 4) is 0 Å². The summed E-state index contributed by atoms with van der Waals surface area (Å²) in [5, 5.41) is 1.94. The van der Waals surface area contributed by atoms with Gasteiger partial charge in [0.2, 0.25) is 0 Å². The fraction of sp³-hybridized carbons (Fsp3) is 0.100. The molecule has 1 aromatic heterocycles. The van der Waals surface area contributed by atoms with Crippen molar-refractivity contribution in [3.05, 3.63) is 40.5 Å². The molecule has 4 heteroatoms. The van der Waals surface area contributed by atoms with Gasteiger partial charge < -0.3 is 9.47 Å². The molecule has 0 saturated carbocycles. The molecule has 14 heavy (non-hydrogen) atoms. The lowest BCUT2D eigenvalue weighted by Gasteiger charge is -2.08. The summed E-state index contributed by atoms with van der Waals surface area (Å²) in [4.78, 5) is 11.2. The van der Waals surface area contributed by atoms with E-state index in [4.69, 9.17) is 9.47 Å². The van der Waals surface area contributed by atoms with Gasteiger partial charge in [-0.15, -0.1) is 11.3 Å². The Bertz CT molecular complexity index is 370. The van der Waals surface area contributed by atoms with E-state index in [1.165, 1.54) is 18.6 Å². The van der Waals surface area contributed by atoms with Crippen LogP contribution in [0, 0.1) is 0 Å². The van der Waals surface area contributed by atoms with Crippen molar-refractivity contribution in [2.45, 2.75) is 6.29 Å². The Kier molecular flexibility index (Phi) is 2.65. The van der Waals surface area contributed by atoms with E-state index in [1.54, 1.807) is 17.4 Å². The molecule has 0 unspecified atom stereocenters. The molecule has 1 aliphatic rings. The van der Waals surface area contributed by atoms with Crippen LogP contribution < -0.4 is 0 Å². The first-order valence-corrected chi connectivity index (χ1v) is 4.95. The molecule has 0 saturated heterocycles. The summed E-state index contributed by atoms with van der Waals surface area (Å²) in [6.07, 6.45) is 6.60. The van der Waals surface area contributed by atoms with Crippen LogP contribution in [0.3, 0.4) is 0 Å². The van der Waals surface area contributed by atoms with Gasteiger partial charge in [-0.05, 0) is 23.6 Å². The standard InChI is InChI=1S/C10H8O3S/c11-4-1-2-9-8(3-7-14-9)10-12-5-6-13-10/h1-7,10H/b2-1+. The second-order valence-electron chi connectivity index (χ2n) is 2.61. The largest absolute Gasteiger partial charge is 0.455 e. The number of carbonyl (C=O) groups is 1. The zero-order valence-electron chi connectivity index (χ0n) is 7.25. The van der Waals surface area contributed by atoms with Crippen LogP contribution in [0.5, 0.6) is 0 Å². The summed E-state index contributed by atoms with van der Waals surface area (Å²) in [6, 6.07) is 1.92. The van der Waals surface area contributed by atoms with E-state index in [0.29, 0.717) is 0 Å². The Hall–Kier alpha value is -1.55. The Morgan fingerprint density at radius 2 is 2.14 bits per heavy atom. The van der Waals surface area contributed by atoms with Crippen molar-refractivity contribution >= 4 is 23.7 Å². The minimum Gasteiger partial charge on any atom is -0.455 e. The molecule has 3 nitrogen and oxygen atoms in total. The van der Waals surface area contributed by atoms with E-state index >= 15 is 0 Å². The Morgan fingerprint density at radius 1 is 1.36 bits per heavy atom. The van der Waals surface area contributed by atoms with Crippen LogP contribution in [-0.4, -0.2) is 6.29 Å². The molecule has 1 aliphatic heterocycles. The second kappa shape index (κ2) is 4.11. The van der Waals surface area contributed by atoms with Gasteiger partial charge in [-0.2, -0.15) is 0 Å². The molecule has 0 N–H and O–H groups in total. The normalized spacial score (nSPS) is 15.7. The minimum atomic E-state index is -0.368. The van der Waals surface area contributed by atoms with E-state index in [9.17, 15) is 4.79 Å². The van der Waals surface area contributed by atoms with Gasteiger partial charge in [-0.1, -0.05) is 0 Å². The van der Waals surface area contributed by atoms with Gasteiger partial charge in [0.1, 0.15) is 18.8 Å². The molecule has 1 aromatic rings. The summed E-state index contributed by atoms with van der Waals surface area (Å²) < 4.78 is 10.4. The molecular weight excluding hydrogens is 200 g/mol. The third-order valence-electron chi connectivity index (χ3n) is 1.77. The van der Waals surface area contributed by atoms with Gasteiger partial charge in [0.25, 0.3) is 6.29 Å². The van der Waals surface area contributed by atoms with Crippen molar-refractivity contribution in [1.82, 2.24) is 0 Å². The molecule has 0 aromatic carbocycles. The van der Waals surface area contributed by atoms with E-state index in [-0.39, 0.29) is 6.29 Å². The van der Waals surface area contributed by atoms with Crippen LogP contribution in [-0.2, 0) is 14.3 Å². The number of thiophene rings is 1. The quantitative estimate of drug-likeness (QED) is 0.565. The van der Waals surface area contributed by atoms with Crippen LogP contribution >= 0.6 is 11.3 Å². The number of carbonyl (C=O) groups excluding carboxylic acids is 1. The molecule has 2 heterocycles. The van der Waals surface area contributed by atoms with E-state index < -0.39 is 0 Å². The van der Waals surface area contributed by atoms with Crippen molar-refractivity contribution in [3.63, 3.8) is 0 Å². The first-order valence-electron chi connectivity index (χ1n) is 4.07. The average Bonchev–Trinajstić information content (AvgIpc) is 2.84. The average molecular weight is 208 g/mol. The van der Waals surface area contributed by atoms with Crippen LogP contribution in [0.15, 0.2) is 30.0 Å². The Balaban J connectivity index is 2.20. The topological polar surface area (TPSA) is 35.5 Å². The van der Waals surface area contributed by atoms with Crippen LogP contribution in [0.4, 0.5) is 0 Å². The maximum atomic E-state index is 10.2. The highest BCUT2D eigenvalue weighted by atomic mass is 32.1. The highest BCUT2D eigenvalue weighted by Gasteiger charge is 2.18. The number of rotatable bonds is 3. The lowest BCUT2D eigenvalue weighted by atomic mass is 10.2. The molecule has 0 amide bonds. The number of ether oxygens (including phenoxy) is 2. The molecule has 0 radical (unpaired) electrons. The van der Waals surface area contributed by atoms with Crippen molar-refractivity contribution in [2.75, 3.05) is 0 Å². The summed E-state index contributed by atoms with van der Waals surface area (Å²) in [6.45, 7) is 0. The van der Waals surface area contributed by atoms with Crippen molar-refractivity contribution < 1.29 is 14.3 Å². The molecule has 0 fully saturated rings. The van der Waals surface area contributed by atoms with Crippen LogP contribution in [0.1, 0.15) is 16.7 Å². The molecular formula is C10H8O3S. The Labute approximate surface area is 85.3 Å². The predicted molar refractivity (Wildman–Crippen MR) is 53.5 cm³/mol. The van der Waals surface area contributed by atoms with Gasteiger partial charge in [-0.3, -0.25) is 4.79 Å². The van der Waals surface area contributed by atoms with Gasteiger partial charge >= 0.3 is 0 Å². The number of allylic oxidation sites excluding steroid dienone is 1. The first-order chi connectivity index (χ1) is 6.92. The van der Waals surface area contributed by atoms with Crippen molar-refractivity contribution in [1.29, 1.82) is 0 Å². The number of aldehydes is 1. The summed E-state index contributed by atoms with van der Waals surface area (Å²) in [5.74, 6) is 0. The molecule has 2 rings (SSSR count). The number of hydrogen-bond donors (Lipinski definition) is 0. The predicted octanol–water partition coefficient (Wildman–Crippen LogP) is 2.48. The van der Waals surface area contributed by atoms with Crippen LogP contribution in [0.25, 0.3) is 6.08 Å². The summed E-state index contributed by atoms with van der Waals surface area (Å²) >= 11 is 1.54. The smallest absolute Gasteiger partial charge is 0.267 e. The monoisotopic (exact) mass is 208 g/mol. The first kappa shape index (κ1) is 9.02. The second-order valence-corrected chi connectivity index (χ2v) is 3.56. The van der Waals surface area contributed by atoms with Crippen molar-refractivity contribution in [2.24, 2.45) is 0 Å². The maximum Gasteiger partial charge on any atom is 0.267 e. The molecule has 0 bridgehead atoms. The van der Waals surface area contributed by atoms with E-state index in [2.05, 4.69) is 0 Å². The highest BCUT2D eigenvalue weighted by Crippen LogP contribution is 2.30. The molecule has 0 atom stereocenters. The lowest BCUT2D eigenvalue weighted by Crippen LogP contribution is -1.97. The zero-order chi connectivity index (χ0) is 9.80. The zero-order valence-corrected chi connectivity index (χ0v) is 8.07. The fourth-order valence-corrected chi connectivity index (χ4v) is 1.99. The van der Waals surface area contributed by atoms with Gasteiger partial charge in [0.15, 0.2) is 0 Å². The highest BCUT2D eigenvalue weighted by molar-refractivity contribution is 7.11. The number of hydrogen-bond acceptors (Lipinski definition) is 4. The third-order valence-corrected chi connectivity index (χ3v) is 2.66. The molecule has 0 aliphatic carbocycles. The van der Waals surface area contributed by atoms with Crippen LogP contribution in [0.2, 0.25) is 0 Å². The summed E-state index contributed by atoms with van der Waals surface area (Å²) in [5.41, 5.74) is 0.943. The third kappa shape index (κ3) is 1.70. The van der Waals surface area contributed by atoms with Gasteiger partial charge in [-0.25, -0.2) is 0 Å². The van der Waals surface area contributed by atoms with Gasteiger partial charge in [0, 0.05) is 4.88 Å². The van der Waals surface area contributed by atoms with E-state index in [1.807, 2.05) is 11.4 Å². The molecule has 72 valence electrons. The Morgan fingerprint density at radius 3 is 2.86 bits per heavy atom. The maximum absolute atomic E-state index is 10.2. The lowest BCUT2D eigenvalue weighted by molar-refractivity contribution is -0.104. The van der Waals surface area contributed by atoms with Gasteiger partial charge in [0.05, 0.1) is 5.56 Å². The fourth-order valence-electron chi connectivity index (χ4n) is 1.17. The summed E-state index contributed by atoms with van der Waals surface area (Å²) in [7, 11) is 0. The minimum absolute atomic E-state index is 0.368. The molecule has 0 spiro atoms. The van der Waals surface area contributed by atoms with E-state index in [0.717, 1.165) is 16.7 Å².